The lowest BCUT2D eigenvalue weighted by molar-refractivity contribution is 0.474. The van der Waals surface area contributed by atoms with Gasteiger partial charge in [0, 0.05) is 6.54 Å². The van der Waals surface area contributed by atoms with Crippen molar-refractivity contribution in [2.45, 2.75) is 6.54 Å². The minimum absolute atomic E-state index is 0.00217. The predicted octanol–water partition coefficient (Wildman–Crippen LogP) is 3.02. The standard InChI is InChI=1S/C14H11FN2O/c15-13-5-2-6-14(12(13)8-16)17-9-10-3-1-4-11(18)7-10/h1-7,17-18H,9H2. The monoisotopic (exact) mass is 242 g/mol. The first-order valence-corrected chi connectivity index (χ1v) is 5.41. The van der Waals surface area contributed by atoms with Crippen LogP contribution >= 0.6 is 0 Å². The first-order valence-electron chi connectivity index (χ1n) is 5.41. The highest BCUT2D eigenvalue weighted by molar-refractivity contribution is 5.58. The van der Waals surface area contributed by atoms with E-state index in [-0.39, 0.29) is 11.3 Å². The summed E-state index contributed by atoms with van der Waals surface area (Å²) in [5, 5.41) is 21.2. The second kappa shape index (κ2) is 5.19. The van der Waals surface area contributed by atoms with Gasteiger partial charge in [-0.25, -0.2) is 4.39 Å². The van der Waals surface area contributed by atoms with Crippen LogP contribution in [0.1, 0.15) is 11.1 Å². The molecule has 4 heteroatoms. The summed E-state index contributed by atoms with van der Waals surface area (Å²) in [6, 6.07) is 13.0. The second-order valence-corrected chi connectivity index (χ2v) is 3.80. The van der Waals surface area contributed by atoms with Crippen molar-refractivity contribution < 1.29 is 9.50 Å². The van der Waals surface area contributed by atoms with Gasteiger partial charge in [0.15, 0.2) is 0 Å². The fourth-order valence-electron chi connectivity index (χ4n) is 1.65. The van der Waals surface area contributed by atoms with Crippen molar-refractivity contribution in [1.82, 2.24) is 0 Å². The Morgan fingerprint density at radius 2 is 2.00 bits per heavy atom. The Balaban J connectivity index is 2.16. The average Bonchev–Trinajstić information content (AvgIpc) is 2.36. The maximum atomic E-state index is 13.3. The Hall–Kier alpha value is -2.54. The summed E-state index contributed by atoms with van der Waals surface area (Å²) in [5.74, 6) is -0.368. The smallest absolute Gasteiger partial charge is 0.143 e. The molecule has 90 valence electrons. The van der Waals surface area contributed by atoms with Gasteiger partial charge in [-0.1, -0.05) is 18.2 Å². The quantitative estimate of drug-likeness (QED) is 0.869. The molecule has 0 radical (unpaired) electrons. The third kappa shape index (κ3) is 2.58. The highest BCUT2D eigenvalue weighted by atomic mass is 19.1. The van der Waals surface area contributed by atoms with Crippen molar-refractivity contribution in [1.29, 1.82) is 5.26 Å². The second-order valence-electron chi connectivity index (χ2n) is 3.80. The van der Waals surface area contributed by atoms with Crippen LogP contribution in [0.25, 0.3) is 0 Å². The maximum Gasteiger partial charge on any atom is 0.143 e. The molecule has 0 fully saturated rings. The van der Waals surface area contributed by atoms with Crippen LogP contribution in [0.4, 0.5) is 10.1 Å². The number of halogens is 1. The third-order valence-corrected chi connectivity index (χ3v) is 2.52. The summed E-state index contributed by atoms with van der Waals surface area (Å²) in [4.78, 5) is 0. The zero-order valence-corrected chi connectivity index (χ0v) is 9.52. The van der Waals surface area contributed by atoms with E-state index < -0.39 is 5.82 Å². The van der Waals surface area contributed by atoms with E-state index in [1.807, 2.05) is 12.1 Å². The number of rotatable bonds is 3. The molecule has 0 bridgehead atoms. The molecule has 0 aliphatic carbocycles. The molecule has 2 N–H and O–H groups in total. The number of hydrogen-bond acceptors (Lipinski definition) is 3. The van der Waals surface area contributed by atoms with E-state index in [9.17, 15) is 9.50 Å². The van der Waals surface area contributed by atoms with Crippen LogP contribution in [-0.4, -0.2) is 5.11 Å². The molecule has 0 aromatic heterocycles. The molecule has 2 rings (SSSR count). The lowest BCUT2D eigenvalue weighted by Crippen LogP contribution is -2.02. The summed E-state index contributed by atoms with van der Waals surface area (Å²) in [6.45, 7) is 0.409. The van der Waals surface area contributed by atoms with E-state index in [2.05, 4.69) is 5.32 Å². The summed E-state index contributed by atoms with van der Waals surface area (Å²) >= 11 is 0. The van der Waals surface area contributed by atoms with Gasteiger partial charge in [-0.2, -0.15) is 5.26 Å². The highest BCUT2D eigenvalue weighted by Gasteiger charge is 2.06. The fourth-order valence-corrected chi connectivity index (χ4v) is 1.65. The van der Waals surface area contributed by atoms with Gasteiger partial charge in [-0.3, -0.25) is 0 Å². The molecule has 0 atom stereocenters. The molecular formula is C14H11FN2O. The maximum absolute atomic E-state index is 13.3. The Bertz CT molecular complexity index is 605. The minimum atomic E-state index is -0.543. The Morgan fingerprint density at radius 3 is 2.72 bits per heavy atom. The van der Waals surface area contributed by atoms with Crippen LogP contribution in [0.5, 0.6) is 5.75 Å². The first-order chi connectivity index (χ1) is 8.70. The molecule has 2 aromatic carbocycles. The van der Waals surface area contributed by atoms with Crippen LogP contribution in [0, 0.1) is 17.1 Å². The normalized spacial score (nSPS) is 9.78. The van der Waals surface area contributed by atoms with Gasteiger partial charge in [-0.05, 0) is 29.8 Å². The number of nitriles is 1. The number of hydrogen-bond donors (Lipinski definition) is 2. The molecule has 0 unspecified atom stereocenters. The van der Waals surface area contributed by atoms with Crippen molar-refractivity contribution in [2.24, 2.45) is 0 Å². The van der Waals surface area contributed by atoms with Crippen molar-refractivity contribution in [2.75, 3.05) is 5.32 Å². The van der Waals surface area contributed by atoms with E-state index in [0.29, 0.717) is 12.2 Å². The largest absolute Gasteiger partial charge is 0.508 e. The minimum Gasteiger partial charge on any atom is -0.508 e. The van der Waals surface area contributed by atoms with Gasteiger partial charge in [-0.15, -0.1) is 0 Å². The van der Waals surface area contributed by atoms with Gasteiger partial charge >= 0.3 is 0 Å². The summed E-state index contributed by atoms with van der Waals surface area (Å²) in [7, 11) is 0. The Labute approximate surface area is 104 Å². The molecule has 2 aromatic rings. The number of nitrogens with one attached hydrogen (secondary N) is 1. The molecule has 3 nitrogen and oxygen atoms in total. The SMILES string of the molecule is N#Cc1c(F)cccc1NCc1cccc(O)c1. The number of phenolic OH excluding ortho intramolecular Hbond substituents is 1. The number of benzene rings is 2. The van der Waals surface area contributed by atoms with E-state index in [1.165, 1.54) is 6.07 Å². The zero-order chi connectivity index (χ0) is 13.0. The average molecular weight is 242 g/mol. The van der Waals surface area contributed by atoms with E-state index in [0.717, 1.165) is 5.56 Å². The zero-order valence-electron chi connectivity index (χ0n) is 9.52. The van der Waals surface area contributed by atoms with Crippen LogP contribution in [0.2, 0.25) is 0 Å². The first kappa shape index (κ1) is 11.9. The summed E-state index contributed by atoms with van der Waals surface area (Å²) < 4.78 is 13.3. The van der Waals surface area contributed by atoms with Crippen molar-refractivity contribution in [3.63, 3.8) is 0 Å². The molecule has 18 heavy (non-hydrogen) atoms. The Kier molecular flexibility index (Phi) is 3.44. The number of nitrogens with zero attached hydrogens (tertiary/aromatic N) is 1. The summed E-state index contributed by atoms with van der Waals surface area (Å²) in [6.07, 6.45) is 0. The molecular weight excluding hydrogens is 231 g/mol. The molecule has 0 aliphatic rings. The van der Waals surface area contributed by atoms with Crippen molar-refractivity contribution in [3.8, 4) is 11.8 Å². The van der Waals surface area contributed by atoms with Crippen LogP contribution in [0.15, 0.2) is 42.5 Å². The van der Waals surface area contributed by atoms with E-state index >= 15 is 0 Å². The van der Waals surface area contributed by atoms with Gasteiger partial charge in [0.1, 0.15) is 23.2 Å². The van der Waals surface area contributed by atoms with Gasteiger partial charge in [0.2, 0.25) is 0 Å². The number of anilines is 1. The highest BCUT2D eigenvalue weighted by Crippen LogP contribution is 2.19. The lowest BCUT2D eigenvalue weighted by atomic mass is 10.1. The van der Waals surface area contributed by atoms with Gasteiger partial charge < -0.3 is 10.4 Å². The molecule has 0 aliphatic heterocycles. The number of phenols is 1. The molecule has 0 saturated carbocycles. The van der Waals surface area contributed by atoms with Crippen LogP contribution in [-0.2, 0) is 6.54 Å². The molecule has 0 amide bonds. The van der Waals surface area contributed by atoms with Crippen molar-refractivity contribution in [3.05, 3.63) is 59.4 Å². The van der Waals surface area contributed by atoms with Crippen LogP contribution < -0.4 is 5.32 Å². The van der Waals surface area contributed by atoms with Crippen LogP contribution in [0.3, 0.4) is 0 Å². The Morgan fingerprint density at radius 1 is 1.22 bits per heavy atom. The lowest BCUT2D eigenvalue weighted by Gasteiger charge is -2.08. The predicted molar refractivity (Wildman–Crippen MR) is 66.5 cm³/mol. The third-order valence-electron chi connectivity index (χ3n) is 2.52. The van der Waals surface area contributed by atoms with Gasteiger partial charge in [0.05, 0.1) is 5.69 Å². The molecule has 0 spiro atoms. The number of aromatic hydroxyl groups is 1. The fraction of sp³-hybridized carbons (Fsp3) is 0.0714. The summed E-state index contributed by atoms with van der Waals surface area (Å²) in [5.41, 5.74) is 1.29. The topological polar surface area (TPSA) is 56.0 Å². The van der Waals surface area contributed by atoms with Crippen molar-refractivity contribution >= 4 is 5.69 Å². The van der Waals surface area contributed by atoms with E-state index in [4.69, 9.17) is 5.26 Å². The molecule has 0 saturated heterocycles. The molecule has 0 heterocycles. The van der Waals surface area contributed by atoms with E-state index in [1.54, 1.807) is 30.3 Å². The van der Waals surface area contributed by atoms with Gasteiger partial charge in [0.25, 0.3) is 0 Å².